The Morgan fingerprint density at radius 3 is 2.60 bits per heavy atom. The summed E-state index contributed by atoms with van der Waals surface area (Å²) in [5.41, 5.74) is -0.474. The highest BCUT2D eigenvalue weighted by Crippen LogP contribution is 2.36. The van der Waals surface area contributed by atoms with Gasteiger partial charge in [0.2, 0.25) is 0 Å². The van der Waals surface area contributed by atoms with E-state index < -0.39 is 0 Å². The summed E-state index contributed by atoms with van der Waals surface area (Å²) in [7, 11) is 1.70. The van der Waals surface area contributed by atoms with E-state index in [0.29, 0.717) is 12.5 Å². The number of allylic oxidation sites excluding steroid dienone is 1. The highest BCUT2D eigenvalue weighted by Gasteiger charge is 2.48. The maximum absolute atomic E-state index is 9.16. The molecule has 0 saturated carbocycles. The van der Waals surface area contributed by atoms with Crippen molar-refractivity contribution in [1.82, 2.24) is 0 Å². The summed E-state index contributed by atoms with van der Waals surface area (Å²) < 4.78 is 10.6. The van der Waals surface area contributed by atoms with Gasteiger partial charge in [0.15, 0.2) is 0 Å². The Bertz CT molecular complexity index is 229. The highest BCUT2D eigenvalue weighted by molar-refractivity contribution is 5.02. The van der Waals surface area contributed by atoms with Crippen LogP contribution in [0.3, 0.4) is 0 Å². The van der Waals surface area contributed by atoms with Gasteiger partial charge in [0.25, 0.3) is 0 Å². The average Bonchev–Trinajstić information content (AvgIpc) is 2.98. The molecule has 0 radical (unpaired) electrons. The quantitative estimate of drug-likeness (QED) is 0.541. The lowest BCUT2D eigenvalue weighted by Gasteiger charge is -2.19. The zero-order chi connectivity index (χ0) is 11.5. The van der Waals surface area contributed by atoms with E-state index in [1.54, 1.807) is 7.11 Å². The third-order valence-corrected chi connectivity index (χ3v) is 3.22. The van der Waals surface area contributed by atoms with Gasteiger partial charge in [-0.05, 0) is 26.2 Å². The van der Waals surface area contributed by atoms with Crippen molar-refractivity contribution in [2.45, 2.75) is 38.4 Å². The van der Waals surface area contributed by atoms with E-state index in [1.165, 1.54) is 0 Å². The van der Waals surface area contributed by atoms with Crippen molar-refractivity contribution in [3.05, 3.63) is 12.2 Å². The summed E-state index contributed by atoms with van der Waals surface area (Å²) >= 11 is 0. The zero-order valence-electron chi connectivity index (χ0n) is 10.1. The molecule has 15 heavy (non-hydrogen) atoms. The predicted molar refractivity (Wildman–Crippen MR) is 59.8 cm³/mol. The molecular formula is C12H22O3. The van der Waals surface area contributed by atoms with Gasteiger partial charge in [0.1, 0.15) is 5.60 Å². The van der Waals surface area contributed by atoms with Crippen LogP contribution in [0.15, 0.2) is 12.2 Å². The fourth-order valence-electron chi connectivity index (χ4n) is 1.46. The van der Waals surface area contributed by atoms with Crippen LogP contribution in [0.25, 0.3) is 0 Å². The second kappa shape index (κ2) is 4.64. The van der Waals surface area contributed by atoms with E-state index in [0.717, 1.165) is 6.42 Å². The normalized spacial score (nSPS) is 28.3. The van der Waals surface area contributed by atoms with Gasteiger partial charge < -0.3 is 14.6 Å². The predicted octanol–water partition coefficient (Wildman–Crippen LogP) is 1.76. The lowest BCUT2D eigenvalue weighted by atomic mass is 9.91. The fourth-order valence-corrected chi connectivity index (χ4v) is 1.46. The molecule has 0 aromatic heterocycles. The van der Waals surface area contributed by atoms with Gasteiger partial charge in [-0.2, -0.15) is 0 Å². The molecule has 0 spiro atoms. The second-order valence-corrected chi connectivity index (χ2v) is 4.86. The minimum Gasteiger partial charge on any atom is -0.393 e. The highest BCUT2D eigenvalue weighted by atomic mass is 16.6. The molecule has 0 aliphatic carbocycles. The van der Waals surface area contributed by atoms with Gasteiger partial charge in [-0.3, -0.25) is 0 Å². The molecule has 0 aromatic carbocycles. The van der Waals surface area contributed by atoms with Crippen molar-refractivity contribution >= 4 is 0 Å². The van der Waals surface area contributed by atoms with Crippen molar-refractivity contribution in [2.24, 2.45) is 5.92 Å². The summed E-state index contributed by atoms with van der Waals surface area (Å²) in [5.74, 6) is 0.353. The summed E-state index contributed by atoms with van der Waals surface area (Å²) in [6, 6.07) is 0. The lowest BCUT2D eigenvalue weighted by Crippen LogP contribution is -2.26. The van der Waals surface area contributed by atoms with Gasteiger partial charge in [0.05, 0.1) is 18.8 Å². The number of aliphatic hydroxyl groups is 1. The molecule has 0 amide bonds. The number of hydrogen-bond donors (Lipinski definition) is 1. The van der Waals surface area contributed by atoms with Crippen LogP contribution in [0.2, 0.25) is 0 Å². The van der Waals surface area contributed by atoms with E-state index in [-0.39, 0.29) is 17.8 Å². The first-order valence-electron chi connectivity index (χ1n) is 5.43. The van der Waals surface area contributed by atoms with Crippen molar-refractivity contribution in [3.8, 4) is 0 Å². The molecule has 0 bridgehead atoms. The van der Waals surface area contributed by atoms with Crippen LogP contribution >= 0.6 is 0 Å². The first-order chi connectivity index (χ1) is 6.96. The molecule has 2 atom stereocenters. The Morgan fingerprint density at radius 2 is 2.20 bits per heavy atom. The Morgan fingerprint density at radius 1 is 1.60 bits per heavy atom. The molecule has 1 aliphatic rings. The Kier molecular flexibility index (Phi) is 3.93. The van der Waals surface area contributed by atoms with E-state index in [9.17, 15) is 0 Å². The molecule has 0 aromatic rings. The van der Waals surface area contributed by atoms with E-state index >= 15 is 0 Å². The second-order valence-electron chi connectivity index (χ2n) is 4.86. The topological polar surface area (TPSA) is 42.0 Å². The van der Waals surface area contributed by atoms with Crippen LogP contribution in [0.1, 0.15) is 27.2 Å². The van der Waals surface area contributed by atoms with Crippen LogP contribution in [0.5, 0.6) is 0 Å². The van der Waals surface area contributed by atoms with Crippen LogP contribution < -0.4 is 0 Å². The molecule has 1 saturated heterocycles. The molecule has 1 fully saturated rings. The van der Waals surface area contributed by atoms with E-state index in [4.69, 9.17) is 14.6 Å². The summed E-state index contributed by atoms with van der Waals surface area (Å²) in [4.78, 5) is 0. The van der Waals surface area contributed by atoms with Gasteiger partial charge in [-0.1, -0.05) is 19.1 Å². The van der Waals surface area contributed by atoms with Crippen molar-refractivity contribution < 1.29 is 14.6 Å². The standard InChI is InChI=1S/C12H22O3/c1-10(12(8-13)9-15-12)6-5-7-11(2,3)14-4/h5,7,10,13H,6,8-9H2,1-4H3/b7-5+/t10-,12-/m1/s1. The first-order valence-corrected chi connectivity index (χ1v) is 5.43. The van der Waals surface area contributed by atoms with Crippen LogP contribution in [0.4, 0.5) is 0 Å². The largest absolute Gasteiger partial charge is 0.393 e. The fraction of sp³-hybridized carbons (Fsp3) is 0.833. The number of ether oxygens (including phenoxy) is 2. The number of rotatable bonds is 6. The number of aliphatic hydroxyl groups excluding tert-OH is 1. The third kappa shape index (κ3) is 3.30. The smallest absolute Gasteiger partial charge is 0.117 e. The van der Waals surface area contributed by atoms with Crippen LogP contribution in [-0.2, 0) is 9.47 Å². The molecule has 1 rings (SSSR count). The number of epoxide rings is 1. The number of hydrogen-bond acceptors (Lipinski definition) is 3. The SMILES string of the molecule is COC(C)(C)/C=C/C[C@@H](C)[C@@]1(CO)CO1. The van der Waals surface area contributed by atoms with E-state index in [1.807, 2.05) is 13.8 Å². The average molecular weight is 214 g/mol. The molecule has 3 nitrogen and oxygen atoms in total. The molecule has 3 heteroatoms. The van der Waals surface area contributed by atoms with Crippen LogP contribution in [-0.4, -0.2) is 36.6 Å². The molecular weight excluding hydrogens is 192 g/mol. The van der Waals surface area contributed by atoms with Gasteiger partial charge in [-0.15, -0.1) is 0 Å². The minimum atomic E-state index is -0.262. The Balaban J connectivity index is 2.37. The zero-order valence-corrected chi connectivity index (χ0v) is 10.1. The van der Waals surface area contributed by atoms with Crippen LogP contribution in [0, 0.1) is 5.92 Å². The van der Waals surface area contributed by atoms with E-state index in [2.05, 4.69) is 19.1 Å². The maximum Gasteiger partial charge on any atom is 0.117 e. The first kappa shape index (κ1) is 12.7. The number of methoxy groups -OCH3 is 1. The molecule has 1 heterocycles. The molecule has 88 valence electrons. The summed E-state index contributed by atoms with van der Waals surface area (Å²) in [5, 5.41) is 9.16. The molecule has 1 N–H and O–H groups in total. The van der Waals surface area contributed by atoms with Gasteiger partial charge >= 0.3 is 0 Å². The maximum atomic E-state index is 9.16. The third-order valence-electron chi connectivity index (χ3n) is 3.22. The lowest BCUT2D eigenvalue weighted by molar-refractivity contribution is 0.0650. The summed E-state index contributed by atoms with van der Waals surface area (Å²) in [6.45, 7) is 6.95. The monoisotopic (exact) mass is 214 g/mol. The molecule has 0 unspecified atom stereocenters. The van der Waals surface area contributed by atoms with Crippen molar-refractivity contribution in [1.29, 1.82) is 0 Å². The van der Waals surface area contributed by atoms with Crippen molar-refractivity contribution in [2.75, 3.05) is 20.3 Å². The van der Waals surface area contributed by atoms with Gasteiger partial charge in [-0.25, -0.2) is 0 Å². The van der Waals surface area contributed by atoms with Crippen molar-refractivity contribution in [3.63, 3.8) is 0 Å². The Labute approximate surface area is 92.1 Å². The molecule has 1 aliphatic heterocycles. The van der Waals surface area contributed by atoms with Gasteiger partial charge in [0, 0.05) is 7.11 Å². The Hall–Kier alpha value is -0.380. The summed E-state index contributed by atoms with van der Waals surface area (Å²) in [6.07, 6.45) is 5.07. The minimum absolute atomic E-state index is 0.121.